The van der Waals surface area contributed by atoms with Gasteiger partial charge in [-0.25, -0.2) is 13.1 Å². The van der Waals surface area contributed by atoms with Crippen LogP contribution in [0.25, 0.3) is 0 Å². The van der Waals surface area contributed by atoms with Crippen LogP contribution < -0.4 is 4.72 Å². The second kappa shape index (κ2) is 7.02. The van der Waals surface area contributed by atoms with Crippen LogP contribution in [0.3, 0.4) is 0 Å². The number of hydrogen-bond acceptors (Lipinski definition) is 4. The van der Waals surface area contributed by atoms with E-state index in [2.05, 4.69) is 20.7 Å². The van der Waals surface area contributed by atoms with Gasteiger partial charge in [-0.2, -0.15) is 0 Å². The van der Waals surface area contributed by atoms with Gasteiger partial charge in [0.1, 0.15) is 0 Å². The van der Waals surface area contributed by atoms with Crippen molar-refractivity contribution in [3.8, 4) is 0 Å². The molecular weight excluding hydrogens is 374 g/mol. The first-order chi connectivity index (χ1) is 9.88. The van der Waals surface area contributed by atoms with Gasteiger partial charge in [0.05, 0.1) is 14.8 Å². The summed E-state index contributed by atoms with van der Waals surface area (Å²) in [6.07, 6.45) is -0.0467. The normalized spacial score (nSPS) is 13.3. The van der Waals surface area contributed by atoms with Gasteiger partial charge in [0.25, 0.3) is 0 Å². The van der Waals surface area contributed by atoms with Crippen LogP contribution in [-0.2, 0) is 16.4 Å². The average Bonchev–Trinajstić information content (AvgIpc) is 2.84. The maximum absolute atomic E-state index is 12.2. The molecule has 0 aliphatic rings. The fourth-order valence-electron chi connectivity index (χ4n) is 1.82. The van der Waals surface area contributed by atoms with E-state index in [1.807, 2.05) is 12.1 Å². The van der Waals surface area contributed by atoms with E-state index in [-0.39, 0.29) is 4.90 Å². The van der Waals surface area contributed by atoms with Crippen molar-refractivity contribution >= 4 is 37.3 Å². The lowest BCUT2D eigenvalue weighted by Crippen LogP contribution is -2.26. The van der Waals surface area contributed by atoms with Crippen molar-refractivity contribution in [2.24, 2.45) is 0 Å². The van der Waals surface area contributed by atoms with Gasteiger partial charge in [0, 0.05) is 11.4 Å². The van der Waals surface area contributed by atoms with Gasteiger partial charge in [-0.1, -0.05) is 12.1 Å². The maximum atomic E-state index is 12.2. The lowest BCUT2D eigenvalue weighted by molar-refractivity contribution is 0.199. The Morgan fingerprint density at radius 1 is 1.33 bits per heavy atom. The van der Waals surface area contributed by atoms with Crippen LogP contribution in [0.15, 0.2) is 45.1 Å². The molecule has 1 heterocycles. The maximum Gasteiger partial charge on any atom is 0.240 e. The zero-order valence-electron chi connectivity index (χ0n) is 11.4. The topological polar surface area (TPSA) is 66.4 Å². The first-order valence-corrected chi connectivity index (χ1v) is 9.49. The molecule has 0 amide bonds. The molecule has 1 atom stereocenters. The Morgan fingerprint density at radius 3 is 2.71 bits per heavy atom. The third kappa shape index (κ3) is 4.62. The number of sulfonamides is 1. The van der Waals surface area contributed by atoms with Crippen LogP contribution >= 0.6 is 27.3 Å². The van der Waals surface area contributed by atoms with Crippen LogP contribution in [0.4, 0.5) is 0 Å². The number of hydrogen-bond donors (Lipinski definition) is 2. The van der Waals surface area contributed by atoms with E-state index in [1.54, 1.807) is 30.4 Å². The van der Waals surface area contributed by atoms with Gasteiger partial charge < -0.3 is 5.11 Å². The second-order valence-electron chi connectivity index (χ2n) is 4.60. The smallest absolute Gasteiger partial charge is 0.240 e. The number of benzene rings is 1. The number of aliphatic hydroxyl groups excluding tert-OH is 1. The number of rotatable bonds is 6. The average molecular weight is 390 g/mol. The molecule has 2 N–H and O–H groups in total. The molecule has 1 unspecified atom stereocenters. The highest BCUT2D eigenvalue weighted by Crippen LogP contribution is 2.22. The van der Waals surface area contributed by atoms with Crippen molar-refractivity contribution in [1.82, 2.24) is 4.72 Å². The lowest BCUT2D eigenvalue weighted by atomic mass is 10.1. The highest BCUT2D eigenvalue weighted by Gasteiger charge is 2.15. The quantitative estimate of drug-likeness (QED) is 0.797. The summed E-state index contributed by atoms with van der Waals surface area (Å²) in [6, 6.07) is 10.3. The van der Waals surface area contributed by atoms with E-state index in [1.165, 1.54) is 12.1 Å². The molecule has 0 saturated carbocycles. The van der Waals surface area contributed by atoms with Gasteiger partial charge in [0.2, 0.25) is 10.0 Å². The Hall–Kier alpha value is -0.730. The SMILES string of the molecule is CC(O)c1cccc(S(=O)(=O)NCCc2ccc(Br)s2)c1. The Labute approximate surface area is 137 Å². The molecule has 2 aromatic rings. The summed E-state index contributed by atoms with van der Waals surface area (Å²) in [6.45, 7) is 1.95. The molecule has 2 rings (SSSR count). The van der Waals surface area contributed by atoms with Gasteiger partial charge in [-0.05, 0) is 59.1 Å². The summed E-state index contributed by atoms with van der Waals surface area (Å²) >= 11 is 4.97. The van der Waals surface area contributed by atoms with Crippen molar-refractivity contribution in [3.05, 3.63) is 50.6 Å². The van der Waals surface area contributed by atoms with Crippen LogP contribution in [-0.4, -0.2) is 20.1 Å². The van der Waals surface area contributed by atoms with E-state index < -0.39 is 16.1 Å². The largest absolute Gasteiger partial charge is 0.389 e. The van der Waals surface area contributed by atoms with E-state index in [4.69, 9.17) is 0 Å². The van der Waals surface area contributed by atoms with E-state index in [0.717, 1.165) is 8.66 Å². The van der Waals surface area contributed by atoms with Crippen LogP contribution in [0.5, 0.6) is 0 Å². The zero-order valence-corrected chi connectivity index (χ0v) is 14.6. The van der Waals surface area contributed by atoms with E-state index >= 15 is 0 Å². The van der Waals surface area contributed by atoms with Crippen LogP contribution in [0, 0.1) is 0 Å². The van der Waals surface area contributed by atoms with Crippen molar-refractivity contribution < 1.29 is 13.5 Å². The van der Waals surface area contributed by atoms with Crippen LogP contribution in [0.2, 0.25) is 0 Å². The number of aliphatic hydroxyl groups is 1. The summed E-state index contributed by atoms with van der Waals surface area (Å²) < 4.78 is 28.0. The Balaban J connectivity index is 2.03. The van der Waals surface area contributed by atoms with Gasteiger partial charge in [-0.15, -0.1) is 11.3 Å². The van der Waals surface area contributed by atoms with Gasteiger partial charge in [0.15, 0.2) is 0 Å². The Bertz CT molecular complexity index is 711. The summed E-state index contributed by atoms with van der Waals surface area (Å²) in [5.74, 6) is 0. The predicted molar refractivity (Wildman–Crippen MR) is 88.0 cm³/mol. The minimum atomic E-state index is -3.55. The number of halogens is 1. The summed E-state index contributed by atoms with van der Waals surface area (Å²) in [5, 5.41) is 9.52. The molecule has 1 aromatic heterocycles. The highest BCUT2D eigenvalue weighted by molar-refractivity contribution is 9.11. The minimum absolute atomic E-state index is 0.174. The Morgan fingerprint density at radius 2 is 2.10 bits per heavy atom. The lowest BCUT2D eigenvalue weighted by Gasteiger charge is -2.09. The van der Waals surface area contributed by atoms with Crippen molar-refractivity contribution in [2.75, 3.05) is 6.54 Å². The molecule has 0 spiro atoms. The summed E-state index contributed by atoms with van der Waals surface area (Å²) in [5.41, 5.74) is 0.583. The molecule has 0 bridgehead atoms. The monoisotopic (exact) mass is 389 g/mol. The predicted octanol–water partition coefficient (Wildman–Crippen LogP) is 3.08. The molecule has 0 saturated heterocycles. The van der Waals surface area contributed by atoms with E-state index in [0.29, 0.717) is 18.5 Å². The summed E-state index contributed by atoms with van der Waals surface area (Å²) in [4.78, 5) is 1.29. The van der Waals surface area contributed by atoms with Crippen molar-refractivity contribution in [2.45, 2.75) is 24.3 Å². The fraction of sp³-hybridized carbons (Fsp3) is 0.286. The molecule has 0 radical (unpaired) electrons. The van der Waals surface area contributed by atoms with Crippen molar-refractivity contribution in [3.63, 3.8) is 0 Å². The van der Waals surface area contributed by atoms with Gasteiger partial charge >= 0.3 is 0 Å². The molecule has 7 heteroatoms. The molecule has 21 heavy (non-hydrogen) atoms. The first-order valence-electron chi connectivity index (χ1n) is 6.40. The highest BCUT2D eigenvalue weighted by atomic mass is 79.9. The standard InChI is InChI=1S/C14H16BrNO3S2/c1-10(17)11-3-2-4-13(9-11)21(18,19)16-8-7-12-5-6-14(15)20-12/h2-6,9-10,16-17H,7-8H2,1H3. The molecular formula is C14H16BrNO3S2. The minimum Gasteiger partial charge on any atom is -0.389 e. The second-order valence-corrected chi connectivity index (χ2v) is 8.92. The first kappa shape index (κ1) is 16.6. The third-order valence-electron chi connectivity index (χ3n) is 2.94. The van der Waals surface area contributed by atoms with Gasteiger partial charge in [-0.3, -0.25) is 0 Å². The molecule has 1 aromatic carbocycles. The number of thiophene rings is 1. The van der Waals surface area contributed by atoms with Crippen molar-refractivity contribution in [1.29, 1.82) is 0 Å². The Kier molecular flexibility index (Phi) is 5.56. The summed E-state index contributed by atoms with van der Waals surface area (Å²) in [7, 11) is -3.55. The zero-order chi connectivity index (χ0) is 15.5. The molecule has 4 nitrogen and oxygen atoms in total. The molecule has 114 valence electrons. The molecule has 0 aliphatic heterocycles. The van der Waals surface area contributed by atoms with Crippen LogP contribution in [0.1, 0.15) is 23.5 Å². The fourth-order valence-corrected chi connectivity index (χ4v) is 4.39. The third-order valence-corrected chi connectivity index (χ3v) is 6.09. The molecule has 0 fully saturated rings. The molecule has 0 aliphatic carbocycles. The number of nitrogens with one attached hydrogen (secondary N) is 1. The van der Waals surface area contributed by atoms with E-state index in [9.17, 15) is 13.5 Å².